The lowest BCUT2D eigenvalue weighted by atomic mass is 10.0. The van der Waals surface area contributed by atoms with Crippen LogP contribution < -0.4 is 10.4 Å². The number of benzene rings is 1. The van der Waals surface area contributed by atoms with Crippen molar-refractivity contribution in [3.8, 4) is 5.75 Å². The Morgan fingerprint density at radius 3 is 2.69 bits per heavy atom. The van der Waals surface area contributed by atoms with Crippen molar-refractivity contribution in [3.05, 3.63) is 63.1 Å². The van der Waals surface area contributed by atoms with Gasteiger partial charge < -0.3 is 10.0 Å². The molecule has 0 aliphatic carbocycles. The van der Waals surface area contributed by atoms with E-state index in [1.807, 2.05) is 0 Å². The minimum atomic E-state index is -1.01. The summed E-state index contributed by atoms with van der Waals surface area (Å²) in [7, 11) is 0. The predicted molar refractivity (Wildman–Crippen MR) is 109 cm³/mol. The average molecular weight is 449 g/mol. The number of carbonyl (C=O) groups is 2. The number of hydrogen-bond acceptors (Lipinski definition) is 5. The summed E-state index contributed by atoms with van der Waals surface area (Å²) in [4.78, 5) is 39.7. The highest BCUT2D eigenvalue weighted by Gasteiger charge is 2.41. The molecule has 1 fully saturated rings. The Morgan fingerprint density at radius 1 is 1.19 bits per heavy atom. The second-order valence-corrected chi connectivity index (χ2v) is 7.90. The van der Waals surface area contributed by atoms with Gasteiger partial charge in [0.15, 0.2) is 17.2 Å². The van der Waals surface area contributed by atoms with Crippen LogP contribution >= 0.6 is 0 Å². The maximum atomic E-state index is 13.9. The van der Waals surface area contributed by atoms with Crippen LogP contribution in [0.25, 0.3) is 0 Å². The topological polar surface area (TPSA) is 82.8 Å². The molecule has 2 aromatic rings. The maximum Gasteiger partial charge on any atom is 0.278 e. The molecule has 0 saturated carbocycles. The zero-order chi connectivity index (χ0) is 23.0. The lowest BCUT2D eigenvalue weighted by Crippen LogP contribution is -2.63. The summed E-state index contributed by atoms with van der Waals surface area (Å²) >= 11 is 0. The third-order valence-electron chi connectivity index (χ3n) is 5.97. The number of amides is 1. The first-order valence-electron chi connectivity index (χ1n) is 10.4. The third-order valence-corrected chi connectivity index (χ3v) is 5.97. The number of Topliss-reactive ketones (excluding diaryl/α,β-unsaturated/α-hetero) is 1. The molecule has 7 nitrogen and oxygen atoms in total. The molecule has 0 unspecified atom stereocenters. The number of halogens is 3. The molecule has 1 saturated heterocycles. The molecule has 0 bridgehead atoms. The van der Waals surface area contributed by atoms with Crippen molar-refractivity contribution < 1.29 is 27.9 Å². The number of carbonyl (C=O) groups excluding carboxylic acids is 2. The van der Waals surface area contributed by atoms with Crippen molar-refractivity contribution in [1.82, 2.24) is 9.58 Å². The number of fused-ring (bicyclic) bond motifs is 3. The molecule has 10 heteroatoms. The van der Waals surface area contributed by atoms with Crippen LogP contribution in [0.5, 0.6) is 5.75 Å². The number of hydrogen-bond donors (Lipinski definition) is 1. The average Bonchev–Trinajstić information content (AvgIpc) is 2.77. The number of pyridine rings is 1. The van der Waals surface area contributed by atoms with Crippen LogP contribution in [0.4, 0.5) is 13.2 Å². The first-order valence-corrected chi connectivity index (χ1v) is 10.4. The number of piperidine rings is 1. The fourth-order valence-electron chi connectivity index (χ4n) is 4.38. The standard InChI is InChI=1S/C22H22F3N3O4/c23-8-10-26-18-3-1-2-9-27(18)28-12-15(20(30)21(31)19(28)22(26)32)17(29)7-5-13-4-6-14(24)11-16(13)25/h4,6,11-12,18,31H,1-3,5,7-10H2/t18-/m0/s1. The largest absolute Gasteiger partial charge is 0.502 e. The number of aromatic hydroxyl groups is 1. The van der Waals surface area contributed by atoms with Gasteiger partial charge in [-0.05, 0) is 37.3 Å². The quantitative estimate of drug-likeness (QED) is 0.686. The number of rotatable bonds is 6. The van der Waals surface area contributed by atoms with Gasteiger partial charge in [0.05, 0.1) is 12.1 Å². The van der Waals surface area contributed by atoms with Crippen molar-refractivity contribution >= 4 is 11.7 Å². The molecule has 1 atom stereocenters. The minimum Gasteiger partial charge on any atom is -0.502 e. The summed E-state index contributed by atoms with van der Waals surface area (Å²) in [5.41, 5.74) is -1.52. The highest BCUT2D eigenvalue weighted by molar-refractivity contribution is 6.00. The van der Waals surface area contributed by atoms with Crippen molar-refractivity contribution in [3.63, 3.8) is 0 Å². The molecule has 2 aliphatic rings. The summed E-state index contributed by atoms with van der Waals surface area (Å²) in [6, 6.07) is 3.02. The summed E-state index contributed by atoms with van der Waals surface area (Å²) in [5, 5.41) is 12.3. The Bertz CT molecular complexity index is 1130. The van der Waals surface area contributed by atoms with E-state index in [0.29, 0.717) is 19.0 Å². The van der Waals surface area contributed by atoms with Crippen LogP contribution in [-0.2, 0) is 6.42 Å². The van der Waals surface area contributed by atoms with Crippen LogP contribution in [0.15, 0.2) is 29.2 Å². The first kappa shape index (κ1) is 21.9. The Labute approximate surface area is 181 Å². The van der Waals surface area contributed by atoms with Gasteiger partial charge in [0.1, 0.15) is 24.5 Å². The zero-order valence-electron chi connectivity index (χ0n) is 17.2. The van der Waals surface area contributed by atoms with E-state index in [-0.39, 0.29) is 36.2 Å². The number of ketones is 1. The van der Waals surface area contributed by atoms with Gasteiger partial charge in [-0.2, -0.15) is 0 Å². The van der Waals surface area contributed by atoms with Crippen molar-refractivity contribution in [2.75, 3.05) is 24.8 Å². The summed E-state index contributed by atoms with van der Waals surface area (Å²) < 4.78 is 41.3. The Balaban J connectivity index is 1.68. The molecule has 1 amide bonds. The molecular weight excluding hydrogens is 427 g/mol. The Morgan fingerprint density at radius 2 is 1.97 bits per heavy atom. The molecule has 1 N–H and O–H groups in total. The Hall–Kier alpha value is -3.30. The first-order chi connectivity index (χ1) is 15.3. The highest BCUT2D eigenvalue weighted by Crippen LogP contribution is 2.29. The van der Waals surface area contributed by atoms with E-state index in [2.05, 4.69) is 0 Å². The lowest BCUT2D eigenvalue weighted by molar-refractivity contribution is 0.0501. The highest BCUT2D eigenvalue weighted by atomic mass is 19.1. The molecule has 3 heterocycles. The van der Waals surface area contributed by atoms with E-state index in [4.69, 9.17) is 0 Å². The van der Waals surface area contributed by atoms with Crippen molar-refractivity contribution in [2.45, 2.75) is 38.3 Å². The molecule has 0 spiro atoms. The van der Waals surface area contributed by atoms with Crippen LogP contribution in [0.1, 0.15) is 52.1 Å². The molecular formula is C22H22F3N3O4. The molecule has 1 aromatic carbocycles. The summed E-state index contributed by atoms with van der Waals surface area (Å²) in [6.45, 7) is -0.445. The zero-order valence-corrected chi connectivity index (χ0v) is 17.2. The molecule has 0 radical (unpaired) electrons. The van der Waals surface area contributed by atoms with Gasteiger partial charge >= 0.3 is 0 Å². The molecule has 170 valence electrons. The van der Waals surface area contributed by atoms with Gasteiger partial charge in [-0.1, -0.05) is 6.07 Å². The summed E-state index contributed by atoms with van der Waals surface area (Å²) in [6.07, 6.45) is 2.67. The van der Waals surface area contributed by atoms with E-state index in [1.165, 1.54) is 21.8 Å². The lowest BCUT2D eigenvalue weighted by Gasteiger charge is -2.48. The number of alkyl halides is 1. The van der Waals surface area contributed by atoms with Gasteiger partial charge in [-0.3, -0.25) is 24.1 Å². The van der Waals surface area contributed by atoms with Gasteiger partial charge in [-0.15, -0.1) is 0 Å². The maximum absolute atomic E-state index is 13.9. The monoisotopic (exact) mass is 449 g/mol. The molecule has 4 rings (SSSR count). The fraction of sp³-hybridized carbons (Fsp3) is 0.409. The predicted octanol–water partition coefficient (Wildman–Crippen LogP) is 2.52. The molecule has 1 aromatic heterocycles. The van der Waals surface area contributed by atoms with Crippen LogP contribution in [0.3, 0.4) is 0 Å². The number of aryl methyl sites for hydroxylation is 1. The van der Waals surface area contributed by atoms with E-state index in [0.717, 1.165) is 18.9 Å². The fourth-order valence-corrected chi connectivity index (χ4v) is 4.38. The van der Waals surface area contributed by atoms with Gasteiger partial charge in [0.25, 0.3) is 5.91 Å². The van der Waals surface area contributed by atoms with E-state index < -0.39 is 47.3 Å². The molecule has 32 heavy (non-hydrogen) atoms. The summed E-state index contributed by atoms with van der Waals surface area (Å²) in [5.74, 6) is -3.72. The van der Waals surface area contributed by atoms with Crippen LogP contribution in [0, 0.1) is 11.6 Å². The van der Waals surface area contributed by atoms with E-state index in [1.54, 1.807) is 5.01 Å². The molecule has 2 aliphatic heterocycles. The van der Waals surface area contributed by atoms with Gasteiger partial charge in [0, 0.05) is 25.2 Å². The van der Waals surface area contributed by atoms with Crippen molar-refractivity contribution in [2.24, 2.45) is 0 Å². The van der Waals surface area contributed by atoms with Gasteiger partial charge in [-0.25, -0.2) is 13.2 Å². The smallest absolute Gasteiger partial charge is 0.278 e. The second-order valence-electron chi connectivity index (χ2n) is 7.90. The van der Waals surface area contributed by atoms with Crippen molar-refractivity contribution in [1.29, 1.82) is 0 Å². The van der Waals surface area contributed by atoms with Crippen LogP contribution in [-0.4, -0.2) is 52.3 Å². The SMILES string of the molecule is O=C(CCc1ccc(F)cc1F)c1cn2c(c(O)c1=O)C(=O)N(CCF)[C@@H]1CCCCN12. The minimum absolute atomic E-state index is 0.0670. The van der Waals surface area contributed by atoms with Crippen LogP contribution in [0.2, 0.25) is 0 Å². The number of aromatic nitrogens is 1. The van der Waals surface area contributed by atoms with Gasteiger partial charge in [0.2, 0.25) is 5.43 Å². The number of nitrogens with zero attached hydrogens (tertiary/aromatic N) is 3. The third kappa shape index (κ3) is 3.74. The normalized spacial score (nSPS) is 17.8. The second kappa shape index (κ2) is 8.68. The van der Waals surface area contributed by atoms with E-state index in [9.17, 15) is 32.7 Å². The van der Waals surface area contributed by atoms with E-state index >= 15 is 0 Å². The Kier molecular flexibility index (Phi) is 5.94.